The van der Waals surface area contributed by atoms with Gasteiger partial charge >= 0.3 is 23.9 Å². The second kappa shape index (κ2) is 16.2. The normalized spacial score (nSPS) is 14.6. The van der Waals surface area contributed by atoms with Crippen molar-refractivity contribution >= 4 is 72.8 Å². The number of hydrogen-bond acceptors (Lipinski definition) is 11. The van der Waals surface area contributed by atoms with Crippen LogP contribution in [-0.4, -0.2) is 110 Å². The highest BCUT2D eigenvalue weighted by molar-refractivity contribution is 7.80. The number of nitrogens with one attached hydrogen (secondary N) is 4. The number of aliphatic carboxylic acids is 4. The molecule has 0 aliphatic carbocycles. The summed E-state index contributed by atoms with van der Waals surface area (Å²) in [5.74, 6) is -11.7. The fraction of sp³-hybridized carbons (Fsp3) is 0.556. The zero-order valence-corrected chi connectivity index (χ0v) is 20.7. The Morgan fingerprint density at radius 3 is 1.08 bits per heavy atom. The van der Waals surface area contributed by atoms with Crippen LogP contribution in [0.3, 0.4) is 0 Å². The number of thiol groups is 2. The number of amides is 4. The van der Waals surface area contributed by atoms with E-state index in [2.05, 4.69) is 25.3 Å². The molecule has 0 radical (unpaired) electrons. The van der Waals surface area contributed by atoms with Crippen molar-refractivity contribution < 1.29 is 58.8 Å². The summed E-state index contributed by atoms with van der Waals surface area (Å²) >= 11 is 7.53. The third-order valence-corrected chi connectivity index (χ3v) is 5.12. The number of carbonyl (C=O) groups is 8. The van der Waals surface area contributed by atoms with E-state index in [-0.39, 0.29) is 11.5 Å². The summed E-state index contributed by atoms with van der Waals surface area (Å²) in [5.41, 5.74) is 5.46. The molecular weight excluding hydrogens is 542 g/mol. The number of rotatable bonds is 17. The summed E-state index contributed by atoms with van der Waals surface area (Å²) in [4.78, 5) is 94.3. The molecule has 5 atom stereocenters. The second-order valence-electron chi connectivity index (χ2n) is 7.35. The van der Waals surface area contributed by atoms with Crippen LogP contribution in [0, 0.1) is 0 Å². The van der Waals surface area contributed by atoms with Crippen LogP contribution in [0.4, 0.5) is 0 Å². The number of carboxylic acid groups (broad SMARTS) is 4. The summed E-state index contributed by atoms with van der Waals surface area (Å²) in [6, 6.07) is -8.45. The molecule has 0 aliphatic heterocycles. The first-order chi connectivity index (χ1) is 17.1. The average molecular weight is 570 g/mol. The lowest BCUT2D eigenvalue weighted by Gasteiger charge is -2.24. The number of nitrogens with two attached hydrogens (primary N) is 1. The third-order valence-electron chi connectivity index (χ3n) is 4.37. The van der Waals surface area contributed by atoms with Crippen LogP contribution in [0.1, 0.15) is 19.3 Å². The lowest BCUT2D eigenvalue weighted by atomic mass is 10.1. The van der Waals surface area contributed by atoms with Gasteiger partial charge in [-0.2, -0.15) is 25.3 Å². The summed E-state index contributed by atoms with van der Waals surface area (Å²) in [6.07, 6.45) is -3.14. The van der Waals surface area contributed by atoms with Crippen molar-refractivity contribution in [3.63, 3.8) is 0 Å². The van der Waals surface area contributed by atoms with Crippen molar-refractivity contribution in [1.82, 2.24) is 21.3 Å². The van der Waals surface area contributed by atoms with Crippen LogP contribution in [0.15, 0.2) is 0 Å². The molecule has 0 spiro atoms. The maximum absolute atomic E-state index is 12.7. The lowest BCUT2D eigenvalue weighted by Crippen LogP contribution is -2.59. The van der Waals surface area contributed by atoms with Crippen molar-refractivity contribution in [3.05, 3.63) is 0 Å². The minimum atomic E-state index is -1.97. The van der Waals surface area contributed by atoms with Gasteiger partial charge in [0.05, 0.1) is 25.3 Å². The molecular formula is C18H27N5O12S2. The molecule has 0 fully saturated rings. The number of carboxylic acids is 4. The first kappa shape index (κ1) is 33.4. The van der Waals surface area contributed by atoms with Gasteiger partial charge in [0.1, 0.15) is 24.2 Å². The molecule has 4 amide bonds. The monoisotopic (exact) mass is 569 g/mol. The topological polar surface area (TPSA) is 292 Å². The van der Waals surface area contributed by atoms with E-state index in [9.17, 15) is 38.4 Å². The predicted octanol–water partition coefficient (Wildman–Crippen LogP) is -4.38. The fourth-order valence-electron chi connectivity index (χ4n) is 2.52. The van der Waals surface area contributed by atoms with Gasteiger partial charge < -0.3 is 47.4 Å². The minimum absolute atomic E-state index is 0.166. The zero-order chi connectivity index (χ0) is 28.9. The van der Waals surface area contributed by atoms with Gasteiger partial charge in [0.2, 0.25) is 23.6 Å². The minimum Gasteiger partial charge on any atom is -0.481 e. The average Bonchev–Trinajstić information content (AvgIpc) is 2.78. The van der Waals surface area contributed by atoms with Gasteiger partial charge in [0, 0.05) is 11.5 Å². The van der Waals surface area contributed by atoms with Crippen LogP contribution < -0.4 is 27.0 Å². The Morgan fingerprint density at radius 1 is 0.541 bits per heavy atom. The number of carbonyl (C=O) groups excluding carboxylic acids is 4. The van der Waals surface area contributed by atoms with Crippen LogP contribution in [0.25, 0.3) is 0 Å². The van der Waals surface area contributed by atoms with E-state index in [1.165, 1.54) is 0 Å². The Labute approximate surface area is 219 Å². The van der Waals surface area contributed by atoms with E-state index < -0.39 is 97.0 Å². The maximum atomic E-state index is 12.7. The molecule has 37 heavy (non-hydrogen) atoms. The Morgan fingerprint density at radius 2 is 0.838 bits per heavy atom. The number of hydrogen-bond donors (Lipinski definition) is 11. The summed E-state index contributed by atoms with van der Waals surface area (Å²) in [7, 11) is 0. The van der Waals surface area contributed by atoms with Crippen LogP contribution in [0.2, 0.25) is 0 Å². The molecule has 17 nitrogen and oxygen atoms in total. The van der Waals surface area contributed by atoms with E-state index in [0.29, 0.717) is 0 Å². The van der Waals surface area contributed by atoms with E-state index in [1.807, 2.05) is 21.3 Å². The van der Waals surface area contributed by atoms with Gasteiger partial charge in [-0.3, -0.25) is 33.6 Å². The van der Waals surface area contributed by atoms with Gasteiger partial charge in [-0.15, -0.1) is 0 Å². The van der Waals surface area contributed by atoms with E-state index >= 15 is 0 Å². The van der Waals surface area contributed by atoms with Gasteiger partial charge in [-0.1, -0.05) is 0 Å². The summed E-state index contributed by atoms with van der Waals surface area (Å²) in [6.45, 7) is 0. The second-order valence-corrected chi connectivity index (χ2v) is 8.08. The molecule has 0 aromatic carbocycles. The van der Waals surface area contributed by atoms with Crippen molar-refractivity contribution in [2.45, 2.75) is 49.5 Å². The highest BCUT2D eigenvalue weighted by atomic mass is 32.1. The molecule has 0 aromatic heterocycles. The fourth-order valence-corrected chi connectivity index (χ4v) is 2.93. The van der Waals surface area contributed by atoms with Crippen molar-refractivity contribution in [1.29, 1.82) is 0 Å². The maximum Gasteiger partial charge on any atom is 0.327 e. The molecule has 0 unspecified atom stereocenters. The van der Waals surface area contributed by atoms with Gasteiger partial charge in [-0.05, 0) is 0 Å². The first-order valence-electron chi connectivity index (χ1n) is 10.2. The standard InChI is InChI=1S/C18H27N5O12S2/c19-6(4-36)14(30)20-7(1-11(24)25)15(31)21-8(2-12(26)27)16(32)22-9(3-13(28)29)17(33)23-10(5-37)18(34)35/h6-10,36-37H,1-5,19H2,(H,20,30)(H,21,31)(H,22,32)(H,23,33)(H,24,25)(H,26,27)(H,28,29)(H,34,35)/t6-,7-,8-,9-,10-/m0/s1. The first-order valence-corrected chi connectivity index (χ1v) is 11.5. The molecule has 0 rings (SSSR count). The molecule has 0 bridgehead atoms. The Hall–Kier alpha value is -3.58. The van der Waals surface area contributed by atoms with Crippen LogP contribution in [0.5, 0.6) is 0 Å². The Balaban J connectivity index is 5.81. The molecule has 208 valence electrons. The molecule has 0 aromatic rings. The summed E-state index contributed by atoms with van der Waals surface area (Å²) in [5, 5.41) is 44.0. The predicted molar refractivity (Wildman–Crippen MR) is 128 cm³/mol. The molecule has 0 saturated carbocycles. The smallest absolute Gasteiger partial charge is 0.327 e. The molecule has 10 N–H and O–H groups in total. The Kier molecular flexibility index (Phi) is 14.7. The van der Waals surface area contributed by atoms with E-state index in [1.54, 1.807) is 0 Å². The van der Waals surface area contributed by atoms with Gasteiger partial charge in [-0.25, -0.2) is 4.79 Å². The molecule has 0 saturated heterocycles. The molecule has 0 aliphatic rings. The highest BCUT2D eigenvalue weighted by Crippen LogP contribution is 2.03. The molecule has 0 heterocycles. The van der Waals surface area contributed by atoms with E-state index in [4.69, 9.17) is 26.2 Å². The third kappa shape index (κ3) is 12.8. The quantitative estimate of drug-likeness (QED) is 0.0739. The van der Waals surface area contributed by atoms with Gasteiger partial charge in [0.25, 0.3) is 0 Å². The lowest BCUT2D eigenvalue weighted by molar-refractivity contribution is -0.145. The zero-order valence-electron chi connectivity index (χ0n) is 18.9. The van der Waals surface area contributed by atoms with Crippen molar-refractivity contribution in [2.24, 2.45) is 5.73 Å². The van der Waals surface area contributed by atoms with Gasteiger partial charge in [0.15, 0.2) is 0 Å². The SMILES string of the molecule is N[C@@H](CS)C(=O)N[C@@H](CC(=O)O)C(=O)N[C@@H](CC(=O)O)C(=O)N[C@@H](CC(=O)O)C(=O)N[C@@H](CS)C(=O)O. The van der Waals surface area contributed by atoms with Crippen molar-refractivity contribution in [2.75, 3.05) is 11.5 Å². The van der Waals surface area contributed by atoms with E-state index in [0.717, 1.165) is 0 Å². The highest BCUT2D eigenvalue weighted by Gasteiger charge is 2.34. The van der Waals surface area contributed by atoms with Crippen LogP contribution >= 0.6 is 25.3 Å². The summed E-state index contributed by atoms with van der Waals surface area (Å²) < 4.78 is 0. The molecule has 19 heteroatoms. The van der Waals surface area contributed by atoms with Crippen molar-refractivity contribution in [3.8, 4) is 0 Å². The largest absolute Gasteiger partial charge is 0.481 e. The van der Waals surface area contributed by atoms with Crippen LogP contribution in [-0.2, 0) is 38.4 Å². The Bertz CT molecular complexity index is 918.